The van der Waals surface area contributed by atoms with E-state index >= 15 is 0 Å². The number of rotatable bonds is 4. The SMILES string of the molecule is CN(Cc1nc2ccccc2s1)C(=O)Cn1ccccc1=O. The fourth-order valence-electron chi connectivity index (χ4n) is 2.14. The molecular weight excluding hydrogens is 298 g/mol. The van der Waals surface area contributed by atoms with Crippen LogP contribution in [0.4, 0.5) is 0 Å². The average Bonchev–Trinajstić information content (AvgIpc) is 2.91. The fourth-order valence-corrected chi connectivity index (χ4v) is 3.16. The number of hydrogen-bond acceptors (Lipinski definition) is 4. The number of hydrogen-bond donors (Lipinski definition) is 0. The van der Waals surface area contributed by atoms with Crippen LogP contribution in [0.5, 0.6) is 0 Å². The molecule has 0 N–H and O–H groups in total. The van der Waals surface area contributed by atoms with E-state index in [1.807, 2.05) is 24.3 Å². The van der Waals surface area contributed by atoms with E-state index in [9.17, 15) is 9.59 Å². The summed E-state index contributed by atoms with van der Waals surface area (Å²) in [7, 11) is 1.72. The molecule has 2 aromatic heterocycles. The molecule has 6 heteroatoms. The van der Waals surface area contributed by atoms with Gasteiger partial charge in [0.2, 0.25) is 5.91 Å². The number of likely N-dealkylation sites (N-methyl/N-ethyl adjacent to an activating group) is 1. The molecule has 0 spiro atoms. The maximum atomic E-state index is 12.2. The van der Waals surface area contributed by atoms with E-state index < -0.39 is 0 Å². The summed E-state index contributed by atoms with van der Waals surface area (Å²) in [6.45, 7) is 0.487. The lowest BCUT2D eigenvalue weighted by Gasteiger charge is -2.16. The Morgan fingerprint density at radius 2 is 2.00 bits per heavy atom. The first-order valence-electron chi connectivity index (χ1n) is 6.87. The Labute approximate surface area is 131 Å². The van der Waals surface area contributed by atoms with Gasteiger partial charge in [-0.05, 0) is 18.2 Å². The third kappa shape index (κ3) is 3.07. The monoisotopic (exact) mass is 313 g/mol. The summed E-state index contributed by atoms with van der Waals surface area (Å²) in [5, 5.41) is 0.887. The molecule has 22 heavy (non-hydrogen) atoms. The zero-order valence-corrected chi connectivity index (χ0v) is 12.9. The van der Waals surface area contributed by atoms with Crippen LogP contribution in [0, 0.1) is 0 Å². The van der Waals surface area contributed by atoms with E-state index in [2.05, 4.69) is 4.98 Å². The molecule has 1 aromatic carbocycles. The fraction of sp³-hybridized carbons (Fsp3) is 0.188. The highest BCUT2D eigenvalue weighted by molar-refractivity contribution is 7.18. The number of thiazole rings is 1. The molecule has 0 bridgehead atoms. The number of amides is 1. The normalized spacial score (nSPS) is 10.8. The minimum Gasteiger partial charge on any atom is -0.337 e. The number of aromatic nitrogens is 2. The van der Waals surface area contributed by atoms with Gasteiger partial charge < -0.3 is 9.47 Å². The zero-order valence-electron chi connectivity index (χ0n) is 12.1. The minimum absolute atomic E-state index is 0.0427. The summed E-state index contributed by atoms with van der Waals surface area (Å²) in [5.74, 6) is -0.118. The second-order valence-electron chi connectivity index (χ2n) is 4.99. The molecule has 0 saturated heterocycles. The zero-order chi connectivity index (χ0) is 15.5. The third-order valence-corrected chi connectivity index (χ3v) is 4.36. The van der Waals surface area contributed by atoms with E-state index in [1.54, 1.807) is 41.6 Å². The number of fused-ring (bicyclic) bond motifs is 1. The van der Waals surface area contributed by atoms with Crippen molar-refractivity contribution in [2.45, 2.75) is 13.1 Å². The Morgan fingerprint density at radius 3 is 2.77 bits per heavy atom. The maximum absolute atomic E-state index is 12.2. The highest BCUT2D eigenvalue weighted by Crippen LogP contribution is 2.22. The Hall–Kier alpha value is -2.47. The van der Waals surface area contributed by atoms with Crippen molar-refractivity contribution >= 4 is 27.5 Å². The van der Waals surface area contributed by atoms with Gasteiger partial charge in [0.05, 0.1) is 16.8 Å². The number of benzene rings is 1. The topological polar surface area (TPSA) is 55.2 Å². The molecular formula is C16H15N3O2S. The molecule has 112 valence electrons. The largest absolute Gasteiger partial charge is 0.337 e. The second-order valence-corrected chi connectivity index (χ2v) is 6.11. The molecule has 1 amide bonds. The van der Waals surface area contributed by atoms with Crippen molar-refractivity contribution in [2.24, 2.45) is 0 Å². The van der Waals surface area contributed by atoms with Crippen molar-refractivity contribution in [1.29, 1.82) is 0 Å². The van der Waals surface area contributed by atoms with E-state index in [1.165, 1.54) is 10.6 Å². The average molecular weight is 313 g/mol. The van der Waals surface area contributed by atoms with Crippen LogP contribution in [-0.4, -0.2) is 27.4 Å². The van der Waals surface area contributed by atoms with Gasteiger partial charge in [-0.2, -0.15) is 0 Å². The molecule has 3 aromatic rings. The van der Waals surface area contributed by atoms with Gasteiger partial charge in [-0.3, -0.25) is 9.59 Å². The van der Waals surface area contributed by atoms with Crippen LogP contribution in [0.15, 0.2) is 53.5 Å². The number of carbonyl (C=O) groups is 1. The molecule has 0 aliphatic heterocycles. The first-order chi connectivity index (χ1) is 10.6. The van der Waals surface area contributed by atoms with Crippen LogP contribution in [0.1, 0.15) is 5.01 Å². The molecule has 0 aliphatic rings. The number of para-hydroxylation sites is 1. The van der Waals surface area contributed by atoms with Gasteiger partial charge in [0.25, 0.3) is 5.56 Å². The quantitative estimate of drug-likeness (QED) is 0.741. The molecule has 5 nitrogen and oxygen atoms in total. The number of carbonyl (C=O) groups excluding carboxylic acids is 1. The van der Waals surface area contributed by atoms with Crippen LogP contribution >= 0.6 is 11.3 Å². The third-order valence-electron chi connectivity index (χ3n) is 3.34. The predicted octanol–water partition coefficient (Wildman–Crippen LogP) is 2.12. The highest BCUT2D eigenvalue weighted by atomic mass is 32.1. The Bertz CT molecular complexity index is 836. The standard InChI is InChI=1S/C16H15N3O2S/c1-18(16(21)11-19-9-5-4-8-15(19)20)10-14-17-12-6-2-3-7-13(12)22-14/h2-9H,10-11H2,1H3. The predicted molar refractivity (Wildman–Crippen MR) is 86.8 cm³/mol. The van der Waals surface area contributed by atoms with Gasteiger partial charge in [0.1, 0.15) is 11.6 Å². The van der Waals surface area contributed by atoms with Gasteiger partial charge in [-0.15, -0.1) is 11.3 Å². The summed E-state index contributed by atoms with van der Waals surface area (Å²) in [4.78, 5) is 30.0. The highest BCUT2D eigenvalue weighted by Gasteiger charge is 2.13. The minimum atomic E-state index is -0.177. The van der Waals surface area contributed by atoms with Gasteiger partial charge in [-0.25, -0.2) is 4.98 Å². The summed E-state index contributed by atoms with van der Waals surface area (Å²) in [6, 6.07) is 12.7. The van der Waals surface area contributed by atoms with Crippen molar-refractivity contribution in [2.75, 3.05) is 7.05 Å². The Morgan fingerprint density at radius 1 is 1.23 bits per heavy atom. The van der Waals surface area contributed by atoms with Crippen LogP contribution in [-0.2, 0) is 17.9 Å². The van der Waals surface area contributed by atoms with Gasteiger partial charge in [0.15, 0.2) is 0 Å². The van der Waals surface area contributed by atoms with Crippen LogP contribution < -0.4 is 5.56 Å². The molecule has 0 saturated carbocycles. The van der Waals surface area contributed by atoms with E-state index in [-0.39, 0.29) is 18.0 Å². The molecule has 0 atom stereocenters. The lowest BCUT2D eigenvalue weighted by Crippen LogP contribution is -2.33. The number of nitrogens with zero attached hydrogens (tertiary/aromatic N) is 3. The van der Waals surface area contributed by atoms with Crippen molar-refractivity contribution in [3.05, 3.63) is 64.0 Å². The van der Waals surface area contributed by atoms with Crippen molar-refractivity contribution in [3.63, 3.8) is 0 Å². The molecule has 3 rings (SSSR count). The van der Waals surface area contributed by atoms with Crippen LogP contribution in [0.25, 0.3) is 10.2 Å². The molecule has 0 fully saturated rings. The first kappa shape index (κ1) is 14.5. The Kier molecular flexibility index (Phi) is 4.02. The van der Waals surface area contributed by atoms with Crippen molar-refractivity contribution in [3.8, 4) is 0 Å². The van der Waals surface area contributed by atoms with Gasteiger partial charge >= 0.3 is 0 Å². The van der Waals surface area contributed by atoms with E-state index in [0.717, 1.165) is 15.2 Å². The van der Waals surface area contributed by atoms with E-state index in [0.29, 0.717) is 6.54 Å². The molecule has 0 radical (unpaired) electrons. The van der Waals surface area contributed by atoms with Crippen molar-refractivity contribution in [1.82, 2.24) is 14.5 Å². The maximum Gasteiger partial charge on any atom is 0.250 e. The first-order valence-corrected chi connectivity index (χ1v) is 7.69. The second kappa shape index (κ2) is 6.11. The smallest absolute Gasteiger partial charge is 0.250 e. The molecule has 0 aliphatic carbocycles. The molecule has 0 unspecified atom stereocenters. The Balaban J connectivity index is 1.71. The summed E-state index contributed by atoms with van der Waals surface area (Å²) >= 11 is 1.58. The van der Waals surface area contributed by atoms with Gasteiger partial charge in [-0.1, -0.05) is 18.2 Å². The summed E-state index contributed by atoms with van der Waals surface area (Å²) in [6.07, 6.45) is 1.62. The summed E-state index contributed by atoms with van der Waals surface area (Å²) < 4.78 is 2.51. The lowest BCUT2D eigenvalue weighted by molar-refractivity contribution is -0.131. The van der Waals surface area contributed by atoms with Crippen molar-refractivity contribution < 1.29 is 4.79 Å². The molecule has 2 heterocycles. The number of pyridine rings is 1. The summed E-state index contributed by atoms with van der Waals surface area (Å²) in [5.41, 5.74) is 0.770. The van der Waals surface area contributed by atoms with Gasteiger partial charge in [0, 0.05) is 19.3 Å². The van der Waals surface area contributed by atoms with Crippen LogP contribution in [0.2, 0.25) is 0 Å². The van der Waals surface area contributed by atoms with E-state index in [4.69, 9.17) is 0 Å². The lowest BCUT2D eigenvalue weighted by atomic mass is 10.3. The van der Waals surface area contributed by atoms with Crippen LogP contribution in [0.3, 0.4) is 0 Å².